The Morgan fingerprint density at radius 2 is 2.00 bits per heavy atom. The van der Waals surface area contributed by atoms with Crippen molar-refractivity contribution in [1.29, 1.82) is 0 Å². The molecule has 6 heteroatoms. The summed E-state index contributed by atoms with van der Waals surface area (Å²) >= 11 is 0. The summed E-state index contributed by atoms with van der Waals surface area (Å²) in [6.07, 6.45) is 3.81. The van der Waals surface area contributed by atoms with Gasteiger partial charge in [-0.3, -0.25) is 9.59 Å². The molecular formula is C14H24N2O4. The molecule has 2 rings (SSSR count). The highest BCUT2D eigenvalue weighted by atomic mass is 16.5. The number of aliphatic carboxylic acids is 1. The Bertz CT molecular complexity index is 334. The monoisotopic (exact) mass is 284 g/mol. The van der Waals surface area contributed by atoms with Crippen LogP contribution in [0, 0.1) is 5.92 Å². The summed E-state index contributed by atoms with van der Waals surface area (Å²) in [6, 6.07) is 0. The van der Waals surface area contributed by atoms with Gasteiger partial charge in [-0.2, -0.15) is 0 Å². The predicted octanol–water partition coefficient (Wildman–Crippen LogP) is 0.468. The van der Waals surface area contributed by atoms with Crippen molar-refractivity contribution in [3.8, 4) is 0 Å². The van der Waals surface area contributed by atoms with E-state index in [0.29, 0.717) is 25.6 Å². The SMILES string of the molecule is O=C(O)CCN1CCC(CNC(=O)C2CCCO2)CC1. The number of nitrogens with one attached hydrogen (secondary N) is 1. The number of hydrogen-bond acceptors (Lipinski definition) is 4. The standard InChI is InChI=1S/C14H24N2O4/c17-13(18)5-8-16-6-3-11(4-7-16)10-15-14(19)12-2-1-9-20-12/h11-12H,1-10H2,(H,15,19)(H,17,18). The Balaban J connectivity index is 1.59. The topological polar surface area (TPSA) is 78.9 Å². The van der Waals surface area contributed by atoms with Crippen molar-refractivity contribution in [2.75, 3.05) is 32.8 Å². The molecule has 1 unspecified atom stereocenters. The van der Waals surface area contributed by atoms with E-state index in [1.54, 1.807) is 0 Å². The third kappa shape index (κ3) is 4.76. The van der Waals surface area contributed by atoms with E-state index in [9.17, 15) is 9.59 Å². The number of carboxylic acid groups (broad SMARTS) is 1. The molecule has 1 atom stereocenters. The second-order valence-electron chi connectivity index (χ2n) is 5.68. The van der Waals surface area contributed by atoms with Crippen LogP contribution in [-0.4, -0.2) is 60.8 Å². The lowest BCUT2D eigenvalue weighted by molar-refractivity contribution is -0.137. The molecule has 114 valence electrons. The minimum atomic E-state index is -0.740. The molecule has 6 nitrogen and oxygen atoms in total. The van der Waals surface area contributed by atoms with Crippen LogP contribution < -0.4 is 5.32 Å². The third-order valence-electron chi connectivity index (χ3n) is 4.14. The Morgan fingerprint density at radius 1 is 1.25 bits per heavy atom. The molecule has 0 radical (unpaired) electrons. The van der Waals surface area contributed by atoms with Crippen LogP contribution in [0.5, 0.6) is 0 Å². The van der Waals surface area contributed by atoms with Gasteiger partial charge in [-0.25, -0.2) is 0 Å². The minimum absolute atomic E-state index is 0.0239. The van der Waals surface area contributed by atoms with Gasteiger partial charge in [-0.15, -0.1) is 0 Å². The van der Waals surface area contributed by atoms with Crippen LogP contribution in [0.15, 0.2) is 0 Å². The second-order valence-corrected chi connectivity index (χ2v) is 5.68. The molecule has 0 aliphatic carbocycles. The summed E-state index contributed by atoms with van der Waals surface area (Å²) in [6.45, 7) is 3.89. The highest BCUT2D eigenvalue weighted by Gasteiger charge is 2.25. The smallest absolute Gasteiger partial charge is 0.304 e. The number of carboxylic acids is 1. The van der Waals surface area contributed by atoms with E-state index < -0.39 is 5.97 Å². The van der Waals surface area contributed by atoms with E-state index in [-0.39, 0.29) is 18.4 Å². The highest BCUT2D eigenvalue weighted by Crippen LogP contribution is 2.17. The van der Waals surface area contributed by atoms with Gasteiger partial charge in [0.1, 0.15) is 6.10 Å². The van der Waals surface area contributed by atoms with Crippen molar-refractivity contribution in [2.24, 2.45) is 5.92 Å². The number of amides is 1. The lowest BCUT2D eigenvalue weighted by atomic mass is 9.96. The van der Waals surface area contributed by atoms with Gasteiger partial charge in [0, 0.05) is 19.7 Å². The van der Waals surface area contributed by atoms with Gasteiger partial charge >= 0.3 is 5.97 Å². The highest BCUT2D eigenvalue weighted by molar-refractivity contribution is 5.80. The van der Waals surface area contributed by atoms with Crippen LogP contribution in [0.2, 0.25) is 0 Å². The Labute approximate surface area is 119 Å². The fraction of sp³-hybridized carbons (Fsp3) is 0.857. The summed E-state index contributed by atoms with van der Waals surface area (Å²) < 4.78 is 5.35. The van der Waals surface area contributed by atoms with Gasteiger partial charge in [-0.05, 0) is 44.7 Å². The van der Waals surface area contributed by atoms with Gasteiger partial charge in [0.15, 0.2) is 0 Å². The molecular weight excluding hydrogens is 260 g/mol. The summed E-state index contributed by atoms with van der Waals surface area (Å²) in [5.41, 5.74) is 0. The molecule has 2 aliphatic rings. The fourth-order valence-corrected chi connectivity index (χ4v) is 2.81. The molecule has 0 spiro atoms. The van der Waals surface area contributed by atoms with Crippen LogP contribution in [0.25, 0.3) is 0 Å². The first kappa shape index (κ1) is 15.3. The Hall–Kier alpha value is -1.14. The number of ether oxygens (including phenoxy) is 1. The van der Waals surface area contributed by atoms with Crippen molar-refractivity contribution < 1.29 is 19.4 Å². The fourth-order valence-electron chi connectivity index (χ4n) is 2.81. The first-order valence-electron chi connectivity index (χ1n) is 7.48. The maximum absolute atomic E-state index is 11.8. The largest absolute Gasteiger partial charge is 0.481 e. The van der Waals surface area contributed by atoms with Crippen molar-refractivity contribution in [2.45, 2.75) is 38.2 Å². The van der Waals surface area contributed by atoms with Crippen molar-refractivity contribution in [1.82, 2.24) is 10.2 Å². The zero-order valence-corrected chi connectivity index (χ0v) is 11.8. The molecule has 0 aromatic rings. The van der Waals surface area contributed by atoms with Crippen LogP contribution in [0.3, 0.4) is 0 Å². The van der Waals surface area contributed by atoms with Gasteiger partial charge in [0.05, 0.1) is 6.42 Å². The summed E-state index contributed by atoms with van der Waals surface area (Å²) in [5.74, 6) is -0.215. The number of likely N-dealkylation sites (tertiary alicyclic amines) is 1. The van der Waals surface area contributed by atoms with Crippen molar-refractivity contribution in [3.63, 3.8) is 0 Å². The molecule has 20 heavy (non-hydrogen) atoms. The molecule has 2 saturated heterocycles. The van der Waals surface area contributed by atoms with Gasteiger partial charge in [-0.1, -0.05) is 0 Å². The molecule has 2 N–H and O–H groups in total. The number of piperidine rings is 1. The molecule has 0 aromatic heterocycles. The minimum Gasteiger partial charge on any atom is -0.481 e. The molecule has 1 amide bonds. The zero-order chi connectivity index (χ0) is 14.4. The lowest BCUT2D eigenvalue weighted by Crippen LogP contribution is -2.41. The average molecular weight is 284 g/mol. The number of carbonyl (C=O) groups is 2. The van der Waals surface area contributed by atoms with E-state index in [1.165, 1.54) is 0 Å². The number of nitrogens with zero attached hydrogens (tertiary/aromatic N) is 1. The third-order valence-corrected chi connectivity index (χ3v) is 4.14. The molecule has 0 bridgehead atoms. The van der Waals surface area contributed by atoms with E-state index >= 15 is 0 Å². The van der Waals surface area contributed by atoms with Crippen LogP contribution in [0.4, 0.5) is 0 Å². The number of carbonyl (C=O) groups excluding carboxylic acids is 1. The molecule has 0 aromatic carbocycles. The van der Waals surface area contributed by atoms with E-state index in [2.05, 4.69) is 10.2 Å². The predicted molar refractivity (Wildman–Crippen MR) is 73.4 cm³/mol. The number of hydrogen-bond donors (Lipinski definition) is 2. The van der Waals surface area contributed by atoms with Gasteiger partial charge < -0.3 is 20.1 Å². The van der Waals surface area contributed by atoms with Gasteiger partial charge in [0.2, 0.25) is 5.91 Å². The molecule has 0 saturated carbocycles. The van der Waals surface area contributed by atoms with E-state index in [1.807, 2.05) is 0 Å². The lowest BCUT2D eigenvalue weighted by Gasteiger charge is -2.31. The molecule has 2 aliphatic heterocycles. The van der Waals surface area contributed by atoms with E-state index in [4.69, 9.17) is 9.84 Å². The zero-order valence-electron chi connectivity index (χ0n) is 11.8. The normalized spacial score (nSPS) is 24.7. The van der Waals surface area contributed by atoms with E-state index in [0.717, 1.165) is 38.8 Å². The Morgan fingerprint density at radius 3 is 2.60 bits per heavy atom. The summed E-state index contributed by atoms with van der Waals surface area (Å²) in [7, 11) is 0. The van der Waals surface area contributed by atoms with Crippen LogP contribution in [0.1, 0.15) is 32.1 Å². The first-order valence-corrected chi connectivity index (χ1v) is 7.48. The summed E-state index contributed by atoms with van der Waals surface area (Å²) in [4.78, 5) is 24.5. The first-order chi connectivity index (χ1) is 9.65. The number of rotatable bonds is 6. The quantitative estimate of drug-likeness (QED) is 0.741. The van der Waals surface area contributed by atoms with Crippen LogP contribution >= 0.6 is 0 Å². The van der Waals surface area contributed by atoms with Crippen LogP contribution in [-0.2, 0) is 14.3 Å². The van der Waals surface area contributed by atoms with Gasteiger partial charge in [0.25, 0.3) is 0 Å². The summed E-state index contributed by atoms with van der Waals surface area (Å²) in [5, 5.41) is 11.6. The molecule has 2 heterocycles. The maximum atomic E-state index is 11.8. The second kappa shape index (κ2) is 7.59. The Kier molecular flexibility index (Phi) is 5.79. The molecule has 2 fully saturated rings. The maximum Gasteiger partial charge on any atom is 0.304 e. The van der Waals surface area contributed by atoms with Crippen molar-refractivity contribution in [3.05, 3.63) is 0 Å². The van der Waals surface area contributed by atoms with Crippen molar-refractivity contribution >= 4 is 11.9 Å². The average Bonchev–Trinajstić information content (AvgIpc) is 2.98.